The van der Waals surface area contributed by atoms with Crippen LogP contribution in [-0.4, -0.2) is 23.5 Å². The number of rotatable bonds is 7. The minimum Gasteiger partial charge on any atom is -0.443 e. The molecule has 3 rings (SSSR count). The van der Waals surface area contributed by atoms with E-state index in [1.165, 1.54) is 18.7 Å². The Morgan fingerprint density at radius 1 is 1.32 bits per heavy atom. The summed E-state index contributed by atoms with van der Waals surface area (Å²) in [5.41, 5.74) is -0.559. The third-order valence-electron chi connectivity index (χ3n) is 3.89. The molecule has 0 saturated heterocycles. The summed E-state index contributed by atoms with van der Waals surface area (Å²) in [6.07, 6.45) is 3.83. The second kappa shape index (κ2) is 6.87. The molecule has 0 spiro atoms. The highest BCUT2D eigenvalue weighted by atomic mass is 32.2. The molecule has 0 fully saturated rings. The van der Waals surface area contributed by atoms with Crippen molar-refractivity contribution in [2.24, 2.45) is 0 Å². The van der Waals surface area contributed by atoms with Gasteiger partial charge < -0.3 is 9.52 Å². The Hall–Kier alpha value is -1.75. The topological polar surface area (TPSA) is 105 Å². The van der Waals surface area contributed by atoms with Gasteiger partial charge in [-0.05, 0) is 25.0 Å². The van der Waals surface area contributed by atoms with Crippen LogP contribution in [0.4, 0.5) is 5.13 Å². The molecule has 0 radical (unpaired) electrons. The van der Waals surface area contributed by atoms with Gasteiger partial charge in [0.05, 0.1) is 16.8 Å². The number of hydrogen-bond donors (Lipinski definition) is 2. The van der Waals surface area contributed by atoms with Gasteiger partial charge in [-0.2, -0.15) is 0 Å². The van der Waals surface area contributed by atoms with Gasteiger partial charge in [0.15, 0.2) is 17.3 Å². The maximum Gasteiger partial charge on any atom is 0.273 e. The van der Waals surface area contributed by atoms with Crippen LogP contribution in [0.5, 0.6) is 0 Å². The van der Waals surface area contributed by atoms with Crippen LogP contribution in [0.1, 0.15) is 32.4 Å². The van der Waals surface area contributed by atoms with Crippen LogP contribution < -0.4 is 4.72 Å². The second-order valence-corrected chi connectivity index (χ2v) is 9.22. The number of anilines is 1. The number of sulfonamides is 1. The zero-order valence-electron chi connectivity index (χ0n) is 13.6. The molecule has 0 aliphatic heterocycles. The number of aromatic nitrogens is 2. The van der Waals surface area contributed by atoms with Crippen LogP contribution in [0.3, 0.4) is 0 Å². The van der Waals surface area contributed by atoms with Crippen molar-refractivity contribution < 1.29 is 17.9 Å². The van der Waals surface area contributed by atoms with Crippen molar-refractivity contribution in [3.8, 4) is 10.6 Å². The lowest BCUT2D eigenvalue weighted by Gasteiger charge is -2.22. The predicted octanol–water partition coefficient (Wildman–Crippen LogP) is 3.67. The summed E-state index contributed by atoms with van der Waals surface area (Å²) in [4.78, 5) is 8.74. The summed E-state index contributed by atoms with van der Waals surface area (Å²) in [5, 5.41) is 12.4. The van der Waals surface area contributed by atoms with E-state index < -0.39 is 15.6 Å². The largest absolute Gasteiger partial charge is 0.443 e. The monoisotopic (exact) mass is 399 g/mol. The maximum atomic E-state index is 12.5. The minimum atomic E-state index is -3.76. The molecule has 0 unspecified atom stereocenters. The van der Waals surface area contributed by atoms with Gasteiger partial charge in [0.25, 0.3) is 10.0 Å². The van der Waals surface area contributed by atoms with Gasteiger partial charge in [-0.1, -0.05) is 13.8 Å². The average molecular weight is 400 g/mol. The lowest BCUT2D eigenvalue weighted by atomic mass is 9.94. The van der Waals surface area contributed by atoms with E-state index in [9.17, 15) is 13.5 Å². The van der Waals surface area contributed by atoms with Crippen LogP contribution >= 0.6 is 22.7 Å². The van der Waals surface area contributed by atoms with Crippen molar-refractivity contribution >= 4 is 37.8 Å². The molecule has 2 N–H and O–H groups in total. The number of nitrogens with one attached hydrogen (secondary N) is 1. The van der Waals surface area contributed by atoms with Gasteiger partial charge in [0.2, 0.25) is 0 Å². The number of thiophene rings is 1. The first-order valence-corrected chi connectivity index (χ1v) is 10.8. The van der Waals surface area contributed by atoms with E-state index in [2.05, 4.69) is 14.7 Å². The standard InChI is InChI=1S/C15H17N3O4S3/c1-3-15(19,4-2)12-8-23-14(17-12)18-25(20,21)13-6-5-11(24-13)10-7-16-9-22-10/h5-9,19H,3-4H2,1-2H3,(H,17,18). The van der Waals surface area contributed by atoms with E-state index in [4.69, 9.17) is 4.42 Å². The molecular formula is C15H17N3O4S3. The Labute approximate surface area is 153 Å². The van der Waals surface area contributed by atoms with Crippen molar-refractivity contribution in [2.45, 2.75) is 36.5 Å². The van der Waals surface area contributed by atoms with Gasteiger partial charge in [-0.25, -0.2) is 18.4 Å². The quantitative estimate of drug-likeness (QED) is 0.628. The fourth-order valence-electron chi connectivity index (χ4n) is 2.25. The van der Waals surface area contributed by atoms with Crippen LogP contribution in [-0.2, 0) is 15.6 Å². The highest BCUT2D eigenvalue weighted by Gasteiger charge is 2.29. The summed E-state index contributed by atoms with van der Waals surface area (Å²) in [6.45, 7) is 3.73. The fourth-order valence-corrected chi connectivity index (χ4v) is 5.56. The number of hydrogen-bond acceptors (Lipinski definition) is 8. The Bertz CT molecular complexity index is 941. The van der Waals surface area contributed by atoms with Crippen LogP contribution in [0.2, 0.25) is 0 Å². The first kappa shape index (κ1) is 18.1. The van der Waals surface area contributed by atoms with E-state index in [1.54, 1.807) is 11.4 Å². The minimum absolute atomic E-state index is 0.150. The highest BCUT2D eigenvalue weighted by molar-refractivity contribution is 7.95. The SMILES string of the molecule is CCC(O)(CC)c1csc(NS(=O)(=O)c2ccc(-c3cnco3)s2)n1. The third-order valence-corrected chi connectivity index (χ3v) is 7.71. The van der Waals surface area contributed by atoms with E-state index in [-0.39, 0.29) is 9.34 Å². The van der Waals surface area contributed by atoms with Gasteiger partial charge >= 0.3 is 0 Å². The molecule has 10 heteroatoms. The van der Waals surface area contributed by atoms with Gasteiger partial charge in [0.1, 0.15) is 9.81 Å². The van der Waals surface area contributed by atoms with Gasteiger partial charge in [-0.3, -0.25) is 4.72 Å². The zero-order valence-corrected chi connectivity index (χ0v) is 16.0. The Kier molecular flexibility index (Phi) is 4.96. The molecule has 7 nitrogen and oxygen atoms in total. The van der Waals surface area contributed by atoms with E-state index >= 15 is 0 Å². The first-order valence-electron chi connectivity index (χ1n) is 7.58. The molecule has 0 bridgehead atoms. The normalized spacial score (nSPS) is 12.4. The molecular weight excluding hydrogens is 382 g/mol. The van der Waals surface area contributed by atoms with Crippen LogP contribution in [0, 0.1) is 0 Å². The lowest BCUT2D eigenvalue weighted by Crippen LogP contribution is -2.24. The fraction of sp³-hybridized carbons (Fsp3) is 0.333. The Morgan fingerprint density at radius 2 is 2.08 bits per heavy atom. The smallest absolute Gasteiger partial charge is 0.273 e. The number of oxazole rings is 1. The van der Waals surface area contributed by atoms with Gasteiger partial charge in [-0.15, -0.1) is 22.7 Å². The van der Waals surface area contributed by atoms with Crippen molar-refractivity contribution in [3.63, 3.8) is 0 Å². The van der Waals surface area contributed by atoms with Crippen molar-refractivity contribution in [1.29, 1.82) is 0 Å². The van der Waals surface area contributed by atoms with Crippen LogP contribution in [0.25, 0.3) is 10.6 Å². The van der Waals surface area contributed by atoms with E-state index in [1.807, 2.05) is 13.8 Å². The summed E-state index contributed by atoms with van der Waals surface area (Å²) in [5.74, 6) is 0.513. The lowest BCUT2D eigenvalue weighted by molar-refractivity contribution is 0.0247. The molecule has 0 atom stereocenters. The molecule has 3 heterocycles. The second-order valence-electron chi connectivity index (χ2n) is 5.37. The number of thiazole rings is 1. The highest BCUT2D eigenvalue weighted by Crippen LogP contribution is 2.34. The maximum absolute atomic E-state index is 12.5. The third kappa shape index (κ3) is 3.61. The molecule has 0 aliphatic carbocycles. The summed E-state index contributed by atoms with van der Waals surface area (Å²) in [6, 6.07) is 3.17. The van der Waals surface area contributed by atoms with Gasteiger partial charge in [0, 0.05) is 5.38 Å². The number of nitrogens with zero attached hydrogens (tertiary/aromatic N) is 2. The first-order chi connectivity index (χ1) is 11.9. The molecule has 3 aromatic heterocycles. The van der Waals surface area contributed by atoms with E-state index in [0.717, 1.165) is 22.7 Å². The number of aliphatic hydroxyl groups is 1. The van der Waals surface area contributed by atoms with Crippen molar-refractivity contribution in [1.82, 2.24) is 9.97 Å². The molecule has 25 heavy (non-hydrogen) atoms. The Balaban J connectivity index is 1.82. The summed E-state index contributed by atoms with van der Waals surface area (Å²) < 4.78 is 32.9. The molecule has 0 aromatic carbocycles. The molecule has 134 valence electrons. The Morgan fingerprint density at radius 3 is 2.72 bits per heavy atom. The summed E-state index contributed by atoms with van der Waals surface area (Å²) >= 11 is 2.23. The summed E-state index contributed by atoms with van der Waals surface area (Å²) in [7, 11) is -3.76. The van der Waals surface area contributed by atoms with Crippen LogP contribution in [0.15, 0.2) is 38.7 Å². The molecule has 0 saturated carbocycles. The molecule has 0 amide bonds. The van der Waals surface area contributed by atoms with Crippen molar-refractivity contribution in [2.75, 3.05) is 4.72 Å². The zero-order chi connectivity index (χ0) is 18.1. The van der Waals surface area contributed by atoms with Crippen molar-refractivity contribution in [3.05, 3.63) is 35.8 Å². The molecule has 3 aromatic rings. The molecule has 0 aliphatic rings. The predicted molar refractivity (Wildman–Crippen MR) is 97.2 cm³/mol. The average Bonchev–Trinajstić information content (AvgIpc) is 3.32. The van der Waals surface area contributed by atoms with E-state index in [0.29, 0.717) is 29.2 Å².